The van der Waals surface area contributed by atoms with Gasteiger partial charge >= 0.3 is 0 Å². The van der Waals surface area contributed by atoms with E-state index in [1.54, 1.807) is 6.07 Å². The third kappa shape index (κ3) is 3.65. The summed E-state index contributed by atoms with van der Waals surface area (Å²) in [6.45, 7) is 0. The molecule has 14 heavy (non-hydrogen) atoms. The fourth-order valence-corrected chi connectivity index (χ4v) is 0.914. The fraction of sp³-hybridized carbons (Fsp3) is 0.833. The maximum absolute atomic E-state index is 12.0. The molecular weight excluding hydrogens is 226 g/mol. The van der Waals surface area contributed by atoms with E-state index in [9.17, 15) is 17.9 Å². The van der Waals surface area contributed by atoms with Crippen molar-refractivity contribution < 1.29 is 17.9 Å². The van der Waals surface area contributed by atoms with Crippen LogP contribution in [0, 0.1) is 11.3 Å². The molecule has 0 aliphatic carbocycles. The predicted molar refractivity (Wildman–Crippen MR) is 40.8 cm³/mol. The molecule has 3 nitrogen and oxygen atoms in total. The molecular formula is C6H8ClF4N3. The van der Waals surface area contributed by atoms with Gasteiger partial charge in [-0.1, -0.05) is 29.5 Å². The van der Waals surface area contributed by atoms with E-state index in [0.29, 0.717) is 0 Å². The Morgan fingerprint density at radius 3 is 2.00 bits per heavy atom. The molecule has 0 rings (SSSR count). The molecule has 0 aromatic rings. The van der Waals surface area contributed by atoms with Crippen LogP contribution in [0.3, 0.4) is 0 Å². The van der Waals surface area contributed by atoms with Crippen molar-refractivity contribution in [3.63, 3.8) is 0 Å². The van der Waals surface area contributed by atoms with Gasteiger partial charge in [-0.3, -0.25) is 0 Å². The lowest BCUT2D eigenvalue weighted by atomic mass is 10.2. The Labute approximate surface area is 83.2 Å². The second-order valence-electron chi connectivity index (χ2n) is 2.55. The van der Waals surface area contributed by atoms with Crippen molar-refractivity contribution >= 4 is 11.6 Å². The molecule has 0 heterocycles. The highest BCUT2D eigenvalue weighted by Gasteiger charge is 2.45. The Morgan fingerprint density at radius 1 is 1.14 bits per heavy atom. The van der Waals surface area contributed by atoms with Gasteiger partial charge in [-0.15, -0.1) is 0 Å². The van der Waals surface area contributed by atoms with Crippen LogP contribution in [0.4, 0.5) is 17.9 Å². The van der Waals surface area contributed by atoms with Crippen molar-refractivity contribution in [3.8, 4) is 6.07 Å². The molecule has 0 aliphatic heterocycles. The standard InChI is InChI=1S/C6H8ClF4N3/c7-6(13(8)9,14(10)11)4-2-1-3-5-12/h1-4H2. The Morgan fingerprint density at radius 2 is 1.64 bits per heavy atom. The molecule has 0 unspecified atom stereocenters. The van der Waals surface area contributed by atoms with Gasteiger partial charge in [-0.05, 0) is 12.8 Å². The molecule has 0 spiro atoms. The number of unbranched alkanes of at least 4 members (excludes halogenated alkanes) is 2. The number of hydrogen-bond acceptors (Lipinski definition) is 3. The molecule has 0 atom stereocenters. The quantitative estimate of drug-likeness (QED) is 0.176. The molecule has 0 fully saturated rings. The summed E-state index contributed by atoms with van der Waals surface area (Å²) in [7, 11) is 0. The molecule has 0 aromatic heterocycles. The van der Waals surface area contributed by atoms with Crippen LogP contribution in [-0.2, 0) is 0 Å². The van der Waals surface area contributed by atoms with E-state index in [-0.39, 0.29) is 19.3 Å². The minimum Gasteiger partial charge on any atom is -0.198 e. The number of hydrogen-bond donors (Lipinski definition) is 0. The van der Waals surface area contributed by atoms with Crippen LogP contribution in [0.15, 0.2) is 0 Å². The zero-order valence-corrected chi connectivity index (χ0v) is 7.82. The van der Waals surface area contributed by atoms with Crippen LogP contribution >= 0.6 is 11.6 Å². The maximum Gasteiger partial charge on any atom is 0.268 e. The van der Waals surface area contributed by atoms with Gasteiger partial charge < -0.3 is 0 Å². The fourth-order valence-electron chi connectivity index (χ4n) is 0.780. The van der Waals surface area contributed by atoms with Gasteiger partial charge in [0, 0.05) is 12.8 Å². The smallest absolute Gasteiger partial charge is 0.198 e. The van der Waals surface area contributed by atoms with E-state index in [2.05, 4.69) is 0 Å². The van der Waals surface area contributed by atoms with E-state index >= 15 is 0 Å². The maximum atomic E-state index is 12.0. The summed E-state index contributed by atoms with van der Waals surface area (Å²) in [5.41, 5.74) is 0. The summed E-state index contributed by atoms with van der Waals surface area (Å²) < 4.78 is 47.8. The molecule has 0 saturated heterocycles. The average Bonchev–Trinajstić information content (AvgIpc) is 2.11. The van der Waals surface area contributed by atoms with Gasteiger partial charge in [0.25, 0.3) is 5.12 Å². The van der Waals surface area contributed by atoms with E-state index < -0.39 is 22.2 Å². The highest BCUT2D eigenvalue weighted by molar-refractivity contribution is 6.22. The lowest BCUT2D eigenvalue weighted by Crippen LogP contribution is -2.43. The summed E-state index contributed by atoms with van der Waals surface area (Å²) in [4.78, 5) is 0. The molecule has 82 valence electrons. The molecule has 8 heteroatoms. The minimum absolute atomic E-state index is 0.0196. The molecule has 0 amide bonds. The Kier molecular flexibility index (Phi) is 5.76. The van der Waals surface area contributed by atoms with Gasteiger partial charge in [0.15, 0.2) is 0 Å². The largest absolute Gasteiger partial charge is 0.268 e. The summed E-state index contributed by atoms with van der Waals surface area (Å²) >= 11 is 4.96. The predicted octanol–water partition coefficient (Wildman–Crippen LogP) is 3.10. The molecule has 0 saturated carbocycles. The van der Waals surface area contributed by atoms with Crippen molar-refractivity contribution in [2.24, 2.45) is 0 Å². The van der Waals surface area contributed by atoms with Crippen LogP contribution in [0.2, 0.25) is 0 Å². The van der Waals surface area contributed by atoms with Crippen LogP contribution in [0.5, 0.6) is 0 Å². The first-order valence-electron chi connectivity index (χ1n) is 3.74. The van der Waals surface area contributed by atoms with Crippen molar-refractivity contribution in [3.05, 3.63) is 0 Å². The summed E-state index contributed by atoms with van der Waals surface area (Å²) in [6, 6.07) is 1.77. The van der Waals surface area contributed by atoms with Gasteiger partial charge in [-0.25, -0.2) is 0 Å². The first-order chi connectivity index (χ1) is 6.45. The van der Waals surface area contributed by atoms with E-state index in [1.807, 2.05) is 0 Å². The molecule has 0 radical (unpaired) electrons. The van der Waals surface area contributed by atoms with Gasteiger partial charge in [0.1, 0.15) is 0 Å². The third-order valence-electron chi connectivity index (χ3n) is 1.55. The van der Waals surface area contributed by atoms with Crippen molar-refractivity contribution in [2.75, 3.05) is 0 Å². The molecule has 0 aromatic carbocycles. The van der Waals surface area contributed by atoms with E-state index in [1.165, 1.54) is 0 Å². The number of alkyl halides is 1. The minimum atomic E-state index is -3.09. The second kappa shape index (κ2) is 6.01. The van der Waals surface area contributed by atoms with Gasteiger partial charge in [0.2, 0.25) is 0 Å². The Balaban J connectivity index is 4.06. The molecule has 0 bridgehead atoms. The Bertz CT molecular complexity index is 198. The SMILES string of the molecule is N#CCCCCC(Cl)(N(F)F)N(F)F. The third-order valence-corrected chi connectivity index (χ3v) is 2.00. The average molecular weight is 234 g/mol. The van der Waals surface area contributed by atoms with Crippen molar-refractivity contribution in [1.29, 1.82) is 5.26 Å². The number of nitrogens with zero attached hydrogens (tertiary/aromatic N) is 3. The summed E-state index contributed by atoms with van der Waals surface area (Å²) in [5, 5.41) is 1.53. The van der Waals surface area contributed by atoms with Crippen molar-refractivity contribution in [1.82, 2.24) is 10.7 Å². The number of rotatable bonds is 6. The highest BCUT2D eigenvalue weighted by atomic mass is 35.5. The topological polar surface area (TPSA) is 30.3 Å². The van der Waals surface area contributed by atoms with Gasteiger partial charge in [-0.2, -0.15) is 5.26 Å². The zero-order chi connectivity index (χ0) is 11.2. The highest BCUT2D eigenvalue weighted by Crippen LogP contribution is 2.33. The van der Waals surface area contributed by atoms with Crippen LogP contribution in [-0.4, -0.2) is 15.8 Å². The lowest BCUT2D eigenvalue weighted by molar-refractivity contribution is -0.340. The normalized spacial score (nSPS) is 12.1. The monoisotopic (exact) mass is 233 g/mol. The first-order valence-corrected chi connectivity index (χ1v) is 4.12. The summed E-state index contributed by atoms with van der Waals surface area (Å²) in [5.74, 6) is 0. The van der Waals surface area contributed by atoms with E-state index in [4.69, 9.17) is 16.9 Å². The van der Waals surface area contributed by atoms with Crippen LogP contribution in [0.25, 0.3) is 0 Å². The van der Waals surface area contributed by atoms with Gasteiger partial charge in [0.05, 0.1) is 16.8 Å². The van der Waals surface area contributed by atoms with E-state index in [0.717, 1.165) is 0 Å². The summed E-state index contributed by atoms with van der Waals surface area (Å²) in [6.07, 6.45) is -0.223. The van der Waals surface area contributed by atoms with Crippen LogP contribution < -0.4 is 0 Å². The van der Waals surface area contributed by atoms with Crippen molar-refractivity contribution in [2.45, 2.75) is 30.8 Å². The number of nitriles is 1. The molecule has 0 N–H and O–H groups in total. The zero-order valence-electron chi connectivity index (χ0n) is 7.06. The number of halogens is 5. The Hall–Kier alpha value is -0.580. The first kappa shape index (κ1) is 13.4. The second-order valence-corrected chi connectivity index (χ2v) is 3.16. The molecule has 0 aliphatic rings. The van der Waals surface area contributed by atoms with Crippen LogP contribution in [0.1, 0.15) is 25.7 Å². The lowest BCUT2D eigenvalue weighted by Gasteiger charge is -2.25.